The van der Waals surface area contributed by atoms with Gasteiger partial charge < -0.3 is 13.3 Å². The van der Waals surface area contributed by atoms with Gasteiger partial charge in [0.05, 0.1) is 11.0 Å². The van der Waals surface area contributed by atoms with Crippen LogP contribution in [0.3, 0.4) is 0 Å². The Morgan fingerprint density at radius 1 is 0.183 bits per heavy atom. The van der Waals surface area contributed by atoms with Gasteiger partial charge in [0.2, 0.25) is 0 Å². The molecule has 0 aliphatic heterocycles. The molecule has 8 aromatic heterocycles. The molecular weight excluding hydrogens is 1490 g/mol. The van der Waals surface area contributed by atoms with Gasteiger partial charge in [-0.2, -0.15) is 0 Å². The zero-order chi connectivity index (χ0) is 79.1. The number of thiophene rings is 1. The van der Waals surface area contributed by atoms with Crippen LogP contribution in [0.5, 0.6) is 0 Å². The lowest BCUT2D eigenvalue weighted by Gasteiger charge is -2.11. The van der Waals surface area contributed by atoms with E-state index in [2.05, 4.69) is 212 Å². The van der Waals surface area contributed by atoms with Crippen molar-refractivity contribution in [2.24, 2.45) is 0 Å². The van der Waals surface area contributed by atoms with E-state index in [1.165, 1.54) is 31.3 Å². The van der Waals surface area contributed by atoms with Crippen LogP contribution in [0.1, 0.15) is 0 Å². The molecule has 8 heterocycles. The van der Waals surface area contributed by atoms with E-state index in [1.54, 1.807) is 0 Å². The fourth-order valence-corrected chi connectivity index (χ4v) is 18.1. The molecule has 0 aliphatic carbocycles. The van der Waals surface area contributed by atoms with E-state index in [4.69, 9.17) is 53.1 Å². The van der Waals surface area contributed by atoms with E-state index in [1.807, 2.05) is 187 Å². The van der Waals surface area contributed by atoms with Crippen LogP contribution in [0.15, 0.2) is 401 Å². The lowest BCUT2D eigenvalue weighted by atomic mass is 9.96. The summed E-state index contributed by atoms with van der Waals surface area (Å²) in [6, 6.07) is 134. The Hall–Kier alpha value is -16.0. The van der Waals surface area contributed by atoms with Crippen LogP contribution in [-0.4, -0.2) is 39.9 Å². The van der Waals surface area contributed by atoms with E-state index in [0.29, 0.717) is 34.9 Å². The first-order valence-corrected chi connectivity index (χ1v) is 40.7. The summed E-state index contributed by atoms with van der Waals surface area (Å²) < 4.78 is 22.1. The number of pyridine rings is 2. The molecule has 12 heteroatoms. The van der Waals surface area contributed by atoms with E-state index >= 15 is 0 Å². The molecule has 0 bridgehead atoms. The van der Waals surface area contributed by atoms with Gasteiger partial charge in [-0.1, -0.05) is 334 Å². The molecule has 0 amide bonds. The number of furan rings is 3. The standard InChI is InChI=1S/C54H32N4O2.C54H32N4OS/c1-3-12-36(13-4-1)52-56-53(37-14-5-2-6-15-37)58-54(57-52)38-28-26-35(27-29-38)50-51-49(43-17-8-10-20-46(43)60-51)41-31-30-39(32-44(41)55-50)33-22-24-34(25-23-33)40-18-11-21-47-48(40)42-16-7-9-19-45(42)59-47;1-3-14-33(15-4-1)52-56-53(34-16-5-2-6-17-34)58-54(57-52)39-21-12-20-38(31-39)49-50-48(44-23-7-9-26-46(44)59-50)43-29-28-36(32-45(43)55-49)35-18-11-19-37(30-35)40-24-13-25-42-41-22-8-10-27-47(41)60-51(40)42/h2*1-32H. The van der Waals surface area contributed by atoms with E-state index in [-0.39, 0.29) is 0 Å². The maximum Gasteiger partial charge on any atom is 0.164 e. The van der Waals surface area contributed by atoms with Crippen LogP contribution >= 0.6 is 11.3 Å². The maximum atomic E-state index is 6.68. The molecule has 0 fully saturated rings. The van der Waals surface area contributed by atoms with Crippen molar-refractivity contribution in [1.82, 2.24) is 39.9 Å². The third-order valence-corrected chi connectivity index (χ3v) is 23.9. The molecule has 24 aromatic rings. The summed E-state index contributed by atoms with van der Waals surface area (Å²) in [5.74, 6) is 3.66. The molecule has 0 atom stereocenters. The van der Waals surface area contributed by atoms with Gasteiger partial charge >= 0.3 is 0 Å². The summed E-state index contributed by atoms with van der Waals surface area (Å²) >= 11 is 1.86. The Kier molecular flexibility index (Phi) is 16.8. The minimum Gasteiger partial charge on any atom is -0.456 e. The largest absolute Gasteiger partial charge is 0.456 e. The fourth-order valence-electron chi connectivity index (χ4n) is 16.9. The van der Waals surface area contributed by atoms with E-state index < -0.39 is 0 Å². The zero-order valence-corrected chi connectivity index (χ0v) is 65.0. The highest BCUT2D eigenvalue weighted by Crippen LogP contribution is 2.47. The predicted octanol–water partition coefficient (Wildman–Crippen LogP) is 28.9. The highest BCUT2D eigenvalue weighted by molar-refractivity contribution is 7.26. The molecule has 24 rings (SSSR count). The zero-order valence-electron chi connectivity index (χ0n) is 64.2. The maximum absolute atomic E-state index is 6.68. The summed E-state index contributed by atoms with van der Waals surface area (Å²) in [6.45, 7) is 0. The highest BCUT2D eigenvalue weighted by Gasteiger charge is 2.24. The average Bonchev–Trinajstić information content (AvgIpc) is 1.55. The third kappa shape index (κ3) is 12.4. The molecule has 16 aromatic carbocycles. The molecule has 0 saturated carbocycles. The van der Waals surface area contributed by atoms with Gasteiger partial charge in [-0.15, -0.1) is 11.3 Å². The summed E-state index contributed by atoms with van der Waals surface area (Å²) in [7, 11) is 0. The second-order valence-corrected chi connectivity index (χ2v) is 31.0. The predicted molar refractivity (Wildman–Crippen MR) is 490 cm³/mol. The van der Waals surface area contributed by atoms with Crippen molar-refractivity contribution in [3.05, 3.63) is 388 Å². The Balaban J connectivity index is 0.000000140. The van der Waals surface area contributed by atoms with Crippen LogP contribution < -0.4 is 0 Å². The number of rotatable bonds is 12. The monoisotopic (exact) mass is 1550 g/mol. The Labute approximate surface area is 691 Å². The number of hydrogen-bond acceptors (Lipinski definition) is 12. The van der Waals surface area contributed by atoms with E-state index in [9.17, 15) is 0 Å². The fraction of sp³-hybridized carbons (Fsp3) is 0. The lowest BCUT2D eigenvalue weighted by molar-refractivity contribution is 0.668. The van der Waals surface area contributed by atoms with Gasteiger partial charge in [-0.3, -0.25) is 0 Å². The number of hydrogen-bond donors (Lipinski definition) is 0. The Morgan fingerprint density at radius 2 is 0.525 bits per heavy atom. The van der Waals surface area contributed by atoms with Crippen LogP contribution in [0.4, 0.5) is 0 Å². The van der Waals surface area contributed by atoms with Crippen molar-refractivity contribution in [1.29, 1.82) is 0 Å². The number of benzene rings is 16. The Bertz CT molecular complexity index is 8040. The summed E-state index contributed by atoms with van der Waals surface area (Å²) in [6.07, 6.45) is 0. The van der Waals surface area contributed by atoms with Crippen molar-refractivity contribution in [3.63, 3.8) is 0 Å². The molecule has 0 spiro atoms. The van der Waals surface area contributed by atoms with Crippen LogP contribution in [0.25, 0.3) is 243 Å². The highest BCUT2D eigenvalue weighted by atomic mass is 32.1. The number of fused-ring (bicyclic) bond motifs is 16. The first-order chi connectivity index (χ1) is 59.4. The number of nitrogens with zero attached hydrogens (tertiary/aromatic N) is 8. The van der Waals surface area contributed by atoms with Crippen molar-refractivity contribution >= 4 is 119 Å². The van der Waals surface area contributed by atoms with Gasteiger partial charge in [-0.05, 0) is 99.1 Å². The quantitative estimate of drug-likeness (QED) is 0.115. The second kappa shape index (κ2) is 29.1. The summed E-state index contributed by atoms with van der Waals surface area (Å²) in [5, 5.41) is 11.2. The number of para-hydroxylation sites is 3. The normalized spacial score (nSPS) is 11.7. The molecule has 0 N–H and O–H groups in total. The van der Waals surface area contributed by atoms with Gasteiger partial charge in [0.15, 0.2) is 46.1 Å². The molecule has 0 saturated heterocycles. The Morgan fingerprint density at radius 3 is 1.07 bits per heavy atom. The van der Waals surface area contributed by atoms with Crippen LogP contribution in [0, 0.1) is 0 Å². The third-order valence-electron chi connectivity index (χ3n) is 22.7. The first-order valence-electron chi connectivity index (χ1n) is 39.9. The summed E-state index contributed by atoms with van der Waals surface area (Å²) in [4.78, 5) is 40.5. The summed E-state index contributed by atoms with van der Waals surface area (Å²) in [5.41, 5.74) is 24.7. The minimum atomic E-state index is 0.583. The SMILES string of the molecule is c1ccc(-c2nc(-c3ccccc3)nc(-c3ccc(-c4nc5cc(-c6ccc(-c7cccc8oc9ccccc9c78)cc6)ccc5c5c4oc4ccccc45)cc3)n2)cc1.c1ccc(-c2nc(-c3ccccc3)nc(-c3cccc(-c4nc5cc(-c6cccc(-c7cccc8c7sc7ccccc78)c6)ccc5c5c4oc4ccccc45)c3)n2)cc1. The number of aromatic nitrogens is 8. The molecule has 560 valence electrons. The van der Waals surface area contributed by atoms with Crippen molar-refractivity contribution in [3.8, 4) is 135 Å². The molecule has 120 heavy (non-hydrogen) atoms. The van der Waals surface area contributed by atoms with Crippen LogP contribution in [-0.2, 0) is 0 Å². The van der Waals surface area contributed by atoms with Crippen molar-refractivity contribution in [2.75, 3.05) is 0 Å². The molecule has 11 nitrogen and oxygen atoms in total. The van der Waals surface area contributed by atoms with Crippen molar-refractivity contribution < 1.29 is 13.3 Å². The minimum absolute atomic E-state index is 0.583. The van der Waals surface area contributed by atoms with Gasteiger partial charge in [0.1, 0.15) is 33.7 Å². The van der Waals surface area contributed by atoms with Gasteiger partial charge in [0.25, 0.3) is 0 Å². The van der Waals surface area contributed by atoms with E-state index in [0.717, 1.165) is 177 Å². The van der Waals surface area contributed by atoms with Crippen molar-refractivity contribution in [2.45, 2.75) is 0 Å². The first kappa shape index (κ1) is 69.5. The second-order valence-electron chi connectivity index (χ2n) is 29.9. The lowest BCUT2D eigenvalue weighted by Crippen LogP contribution is -2.00. The average molecular weight is 1550 g/mol. The molecule has 0 aliphatic rings. The van der Waals surface area contributed by atoms with Gasteiger partial charge in [0, 0.05) is 108 Å². The van der Waals surface area contributed by atoms with Crippen LogP contribution in [0.2, 0.25) is 0 Å². The molecular formula is C108H64N8O3S. The smallest absolute Gasteiger partial charge is 0.164 e. The molecule has 0 radical (unpaired) electrons. The topological polar surface area (TPSA) is 143 Å². The van der Waals surface area contributed by atoms with Gasteiger partial charge in [-0.25, -0.2) is 39.9 Å². The molecule has 0 unspecified atom stereocenters.